The second-order valence-corrected chi connectivity index (χ2v) is 11.1. The molecule has 0 amide bonds. The molecule has 0 saturated heterocycles. The predicted molar refractivity (Wildman–Crippen MR) is 154 cm³/mol. The summed E-state index contributed by atoms with van der Waals surface area (Å²) in [5, 5.41) is 10.4. The highest BCUT2D eigenvalue weighted by molar-refractivity contribution is 7.08. The van der Waals surface area contributed by atoms with E-state index in [2.05, 4.69) is 104 Å². The highest BCUT2D eigenvalue weighted by Crippen LogP contribution is 2.55. The van der Waals surface area contributed by atoms with Crippen LogP contribution >= 0.6 is 22.7 Å². The molecule has 2 atom stereocenters. The number of hydrogen-bond acceptors (Lipinski definition) is 2. The first-order valence-electron chi connectivity index (χ1n) is 12.5. The molecule has 0 fully saturated rings. The van der Waals surface area contributed by atoms with Crippen molar-refractivity contribution in [1.82, 2.24) is 9.13 Å². The Bertz CT molecular complexity index is 1680. The monoisotopic (exact) mass is 502 g/mol. The molecule has 2 aliphatic carbocycles. The Balaban J connectivity index is 1.70. The van der Waals surface area contributed by atoms with Gasteiger partial charge in [0.2, 0.25) is 0 Å². The number of para-hydroxylation sites is 1. The van der Waals surface area contributed by atoms with Crippen molar-refractivity contribution in [2.24, 2.45) is 0 Å². The van der Waals surface area contributed by atoms with Crippen LogP contribution in [0.25, 0.3) is 23.2 Å². The lowest BCUT2D eigenvalue weighted by Crippen LogP contribution is -2.23. The molecule has 0 radical (unpaired) electrons. The van der Waals surface area contributed by atoms with Crippen molar-refractivity contribution in [2.75, 3.05) is 0 Å². The van der Waals surface area contributed by atoms with Gasteiger partial charge in [-0.25, -0.2) is 0 Å². The number of hydrogen-bond donors (Lipinski definition) is 0. The molecule has 2 nitrogen and oxygen atoms in total. The lowest BCUT2D eigenvalue weighted by atomic mass is 9.72. The average molecular weight is 503 g/mol. The number of benzene rings is 1. The van der Waals surface area contributed by atoms with Crippen molar-refractivity contribution in [2.45, 2.75) is 38.1 Å². The van der Waals surface area contributed by atoms with Crippen LogP contribution in [0, 0.1) is 12.3 Å². The van der Waals surface area contributed by atoms with Gasteiger partial charge in [-0.3, -0.25) is 0 Å². The van der Waals surface area contributed by atoms with Gasteiger partial charge in [-0.1, -0.05) is 42.3 Å². The maximum Gasteiger partial charge on any atom is 0.0835 e. The van der Waals surface area contributed by atoms with Gasteiger partial charge in [0.05, 0.1) is 23.9 Å². The second kappa shape index (κ2) is 8.55. The fourth-order valence-corrected chi connectivity index (χ4v) is 7.88. The van der Waals surface area contributed by atoms with Crippen LogP contribution in [0.15, 0.2) is 70.1 Å². The Labute approximate surface area is 219 Å². The molecule has 0 N–H and O–H groups in total. The quantitative estimate of drug-likeness (QED) is 0.215. The van der Waals surface area contributed by atoms with Gasteiger partial charge in [0.15, 0.2) is 0 Å². The van der Waals surface area contributed by atoms with Gasteiger partial charge in [0.25, 0.3) is 0 Å². The van der Waals surface area contributed by atoms with E-state index in [-0.39, 0.29) is 11.8 Å². The van der Waals surface area contributed by atoms with Gasteiger partial charge in [0.1, 0.15) is 0 Å². The molecule has 4 aromatic heterocycles. The maximum absolute atomic E-state index is 6.01. The SMILES string of the molecule is C#CCn1c2c(c3c1C(c1ccsc1)c1c(n(/C=C/C)c4ccccc14)C3c1ccsc1)C=CCC2. The summed E-state index contributed by atoms with van der Waals surface area (Å²) in [6.07, 6.45) is 17.2. The molecule has 0 spiro atoms. The summed E-state index contributed by atoms with van der Waals surface area (Å²) in [7, 11) is 0. The summed E-state index contributed by atoms with van der Waals surface area (Å²) in [6, 6.07) is 13.5. The van der Waals surface area contributed by atoms with Gasteiger partial charge in [-0.05, 0) is 87.3 Å². The number of nitrogens with zero attached hydrogens (tertiary/aromatic N) is 2. The Morgan fingerprint density at radius 1 is 1.00 bits per heavy atom. The summed E-state index contributed by atoms with van der Waals surface area (Å²) in [5.74, 6) is 3.29. The van der Waals surface area contributed by atoms with E-state index in [1.165, 1.54) is 55.8 Å². The lowest BCUT2D eigenvalue weighted by Gasteiger charge is -2.33. The molecule has 176 valence electrons. The van der Waals surface area contributed by atoms with Crippen LogP contribution in [0.5, 0.6) is 0 Å². The van der Waals surface area contributed by atoms with Gasteiger partial charge in [0, 0.05) is 28.7 Å². The first-order chi connectivity index (χ1) is 17.8. The maximum atomic E-state index is 6.01. The van der Waals surface area contributed by atoms with Gasteiger partial charge in [-0.15, -0.1) is 6.42 Å². The van der Waals surface area contributed by atoms with Crippen molar-refractivity contribution < 1.29 is 0 Å². The molecule has 4 heterocycles. The normalized spacial score (nSPS) is 18.3. The lowest BCUT2D eigenvalue weighted by molar-refractivity contribution is 0.678. The Morgan fingerprint density at radius 3 is 2.44 bits per heavy atom. The van der Waals surface area contributed by atoms with E-state index < -0.39 is 0 Å². The Kier molecular flexibility index (Phi) is 5.16. The van der Waals surface area contributed by atoms with Gasteiger partial charge < -0.3 is 9.13 Å². The smallest absolute Gasteiger partial charge is 0.0835 e. The van der Waals surface area contributed by atoms with Gasteiger partial charge >= 0.3 is 0 Å². The largest absolute Gasteiger partial charge is 0.335 e. The van der Waals surface area contributed by atoms with Crippen LogP contribution in [0.3, 0.4) is 0 Å². The molecule has 5 aromatic rings. The molecule has 2 unspecified atom stereocenters. The van der Waals surface area contributed by atoms with Crippen LogP contribution in [0.4, 0.5) is 0 Å². The molecule has 0 bridgehead atoms. The number of fused-ring (bicyclic) bond motifs is 6. The van der Waals surface area contributed by atoms with Crippen LogP contribution in [-0.4, -0.2) is 9.13 Å². The third kappa shape index (κ3) is 2.97. The van der Waals surface area contributed by atoms with Gasteiger partial charge in [-0.2, -0.15) is 22.7 Å². The zero-order chi connectivity index (χ0) is 24.2. The van der Waals surface area contributed by atoms with Crippen LogP contribution in [0.1, 0.15) is 70.1 Å². The standard InChI is InChI=1S/C32H26N2S2/c1-3-15-33-25-11-7-5-9-23(25)29-28(22-14-18-36-20-22)32-30(27(31(29)33)21-13-17-35-19-21)24-10-6-8-12-26(24)34(32)16-4-2/h1,4-6,8-10,12-14,16-20,27-28H,7,11,15H2,2H3/b16-4+. The molecular formula is C32H26N2S2. The number of rotatable bonds is 4. The third-order valence-corrected chi connectivity index (χ3v) is 9.14. The summed E-state index contributed by atoms with van der Waals surface area (Å²) >= 11 is 3.55. The van der Waals surface area contributed by atoms with Crippen molar-refractivity contribution in [1.29, 1.82) is 0 Å². The van der Waals surface area contributed by atoms with Crippen molar-refractivity contribution in [3.05, 3.63) is 115 Å². The summed E-state index contributed by atoms with van der Waals surface area (Å²) in [4.78, 5) is 0. The molecule has 2 aliphatic rings. The zero-order valence-electron chi connectivity index (χ0n) is 20.1. The van der Waals surface area contributed by atoms with E-state index in [1.54, 1.807) is 22.7 Å². The minimum absolute atomic E-state index is 0.139. The van der Waals surface area contributed by atoms with Crippen LogP contribution in [0.2, 0.25) is 0 Å². The topological polar surface area (TPSA) is 9.86 Å². The van der Waals surface area contributed by atoms with E-state index in [1.807, 2.05) is 0 Å². The number of thiophene rings is 2. The van der Waals surface area contributed by atoms with Crippen LogP contribution in [-0.2, 0) is 13.0 Å². The van der Waals surface area contributed by atoms with Crippen molar-refractivity contribution in [3.8, 4) is 12.3 Å². The first kappa shape index (κ1) is 21.7. The summed E-state index contributed by atoms with van der Waals surface area (Å²) in [5.41, 5.74) is 12.4. The molecule has 0 aliphatic heterocycles. The number of allylic oxidation sites excluding steroid dienone is 2. The van der Waals surface area contributed by atoms with E-state index in [0.717, 1.165) is 12.8 Å². The summed E-state index contributed by atoms with van der Waals surface area (Å²) < 4.78 is 4.94. The molecule has 7 rings (SSSR count). The predicted octanol–water partition coefficient (Wildman–Crippen LogP) is 8.32. The summed E-state index contributed by atoms with van der Waals surface area (Å²) in [6.45, 7) is 2.71. The highest BCUT2D eigenvalue weighted by Gasteiger charge is 2.43. The fourth-order valence-electron chi connectivity index (χ4n) is 6.51. The van der Waals surface area contributed by atoms with E-state index in [9.17, 15) is 0 Å². The Morgan fingerprint density at radius 2 is 1.75 bits per heavy atom. The number of aromatic nitrogens is 2. The molecule has 4 heteroatoms. The minimum atomic E-state index is 0.139. The average Bonchev–Trinajstić information content (AvgIpc) is 3.71. The Hall–Kier alpha value is -3.52. The van der Waals surface area contributed by atoms with Crippen molar-refractivity contribution >= 4 is 45.9 Å². The molecule has 36 heavy (non-hydrogen) atoms. The molecule has 1 aromatic carbocycles. The van der Waals surface area contributed by atoms with E-state index >= 15 is 0 Å². The first-order valence-corrected chi connectivity index (χ1v) is 14.4. The second-order valence-electron chi connectivity index (χ2n) is 9.54. The zero-order valence-corrected chi connectivity index (χ0v) is 21.8. The number of terminal acetylenes is 1. The van der Waals surface area contributed by atoms with E-state index in [0.29, 0.717) is 6.54 Å². The fraction of sp³-hybridized carbons (Fsp3) is 0.188. The third-order valence-electron chi connectivity index (χ3n) is 7.74. The molecule has 0 saturated carbocycles. The van der Waals surface area contributed by atoms with Crippen molar-refractivity contribution in [3.63, 3.8) is 0 Å². The highest BCUT2D eigenvalue weighted by atomic mass is 32.1. The molecular weight excluding hydrogens is 477 g/mol. The van der Waals surface area contributed by atoms with Crippen LogP contribution < -0.4 is 0 Å². The van der Waals surface area contributed by atoms with E-state index in [4.69, 9.17) is 6.42 Å². The minimum Gasteiger partial charge on any atom is -0.335 e.